The zero-order chi connectivity index (χ0) is 25.6. The van der Waals surface area contributed by atoms with Crippen LogP contribution in [0.4, 0.5) is 0 Å². The maximum atomic E-state index is 6.71. The van der Waals surface area contributed by atoms with Crippen molar-refractivity contribution in [3.63, 3.8) is 0 Å². The lowest BCUT2D eigenvalue weighted by molar-refractivity contribution is 0.174. The van der Waals surface area contributed by atoms with Crippen LogP contribution < -0.4 is 18.9 Å². The highest BCUT2D eigenvalue weighted by Gasteiger charge is 2.46. The van der Waals surface area contributed by atoms with E-state index >= 15 is 0 Å². The number of benzene rings is 3. The van der Waals surface area contributed by atoms with E-state index in [9.17, 15) is 0 Å². The van der Waals surface area contributed by atoms with Gasteiger partial charge in [0.05, 0.1) is 13.7 Å². The molecule has 8 heteroatoms. The van der Waals surface area contributed by atoms with E-state index in [0.29, 0.717) is 24.7 Å². The zero-order valence-corrected chi connectivity index (χ0v) is 22.6. The van der Waals surface area contributed by atoms with Gasteiger partial charge in [-0.3, -0.25) is 0 Å². The Morgan fingerprint density at radius 3 is 2.57 bits per heavy atom. The first-order chi connectivity index (χ1) is 17.9. The van der Waals surface area contributed by atoms with Crippen LogP contribution in [-0.4, -0.2) is 35.7 Å². The maximum Gasteiger partial charge on any atom is 0.231 e. The van der Waals surface area contributed by atoms with Crippen molar-refractivity contribution in [1.82, 2.24) is 4.90 Å². The summed E-state index contributed by atoms with van der Waals surface area (Å²) in [6, 6.07) is 17.8. The highest BCUT2D eigenvalue weighted by Crippen LogP contribution is 2.56. The average molecular weight is 559 g/mol. The van der Waals surface area contributed by atoms with Crippen LogP contribution in [0.2, 0.25) is 0 Å². The number of methoxy groups -OCH3 is 1. The number of rotatable bonds is 6. The summed E-state index contributed by atoms with van der Waals surface area (Å²) in [6.45, 7) is 1.42. The number of halogens is 3. The molecule has 0 aromatic heterocycles. The third-order valence-corrected chi connectivity index (χ3v) is 7.73. The van der Waals surface area contributed by atoms with E-state index in [2.05, 4.69) is 29.2 Å². The molecule has 0 saturated heterocycles. The fourth-order valence-electron chi connectivity index (χ4n) is 5.43. The second kappa shape index (κ2) is 9.86. The summed E-state index contributed by atoms with van der Waals surface area (Å²) in [7, 11) is 1.63. The van der Waals surface area contributed by atoms with Crippen LogP contribution in [-0.2, 0) is 12.8 Å². The quantitative estimate of drug-likeness (QED) is 0.236. The van der Waals surface area contributed by atoms with Crippen molar-refractivity contribution < 1.29 is 18.9 Å². The van der Waals surface area contributed by atoms with Crippen LogP contribution in [0.1, 0.15) is 40.3 Å². The summed E-state index contributed by atoms with van der Waals surface area (Å²) in [5, 5.41) is 0. The summed E-state index contributed by atoms with van der Waals surface area (Å²) in [4.78, 5) is 2.16. The van der Waals surface area contributed by atoms with Gasteiger partial charge in [-0.15, -0.1) is 0 Å². The van der Waals surface area contributed by atoms with Gasteiger partial charge in [0.1, 0.15) is 6.04 Å². The van der Waals surface area contributed by atoms with Gasteiger partial charge in [0, 0.05) is 23.4 Å². The molecule has 3 aromatic carbocycles. The predicted molar refractivity (Wildman–Crippen MR) is 147 cm³/mol. The van der Waals surface area contributed by atoms with E-state index in [1.165, 1.54) is 11.1 Å². The van der Waals surface area contributed by atoms with E-state index in [0.717, 1.165) is 53.1 Å². The van der Waals surface area contributed by atoms with Gasteiger partial charge in [0.15, 0.2) is 23.0 Å². The Kier molecular flexibility index (Phi) is 6.56. The van der Waals surface area contributed by atoms with Crippen LogP contribution in [0.5, 0.6) is 23.0 Å². The molecule has 0 unspecified atom stereocenters. The van der Waals surface area contributed by atoms with Crippen molar-refractivity contribution in [2.75, 3.05) is 27.1 Å². The monoisotopic (exact) mass is 557 g/mol. The Hall–Kier alpha value is -2.73. The number of fused-ring (bicyclic) bond motifs is 5. The molecule has 0 amide bonds. The molecule has 3 aromatic rings. The van der Waals surface area contributed by atoms with Crippen molar-refractivity contribution in [3.8, 4) is 23.0 Å². The summed E-state index contributed by atoms with van der Waals surface area (Å²) in [5.74, 6) is 2.75. The minimum absolute atomic E-state index is 0.228. The van der Waals surface area contributed by atoms with Gasteiger partial charge in [-0.25, -0.2) is 0 Å². The summed E-state index contributed by atoms with van der Waals surface area (Å²) < 4.78 is 21.7. The molecule has 3 heterocycles. The summed E-state index contributed by atoms with van der Waals surface area (Å²) in [5.41, 5.74) is 6.26. The van der Waals surface area contributed by atoms with Crippen molar-refractivity contribution in [3.05, 3.63) is 82.4 Å². The van der Waals surface area contributed by atoms with Crippen LogP contribution in [0.15, 0.2) is 54.6 Å². The molecule has 0 fully saturated rings. The SMILES string of the molecule is COc1ccc2c(c1OCCCc1ccccc1)[C@H](C(Cl)(Cl)Cl)N1CCc3cc4c(cc3C1=C2)OCO4. The third-order valence-electron chi connectivity index (χ3n) is 7.11. The molecule has 37 heavy (non-hydrogen) atoms. The molecule has 0 aliphatic carbocycles. The van der Waals surface area contributed by atoms with Crippen LogP contribution in [0.3, 0.4) is 0 Å². The van der Waals surface area contributed by atoms with Crippen molar-refractivity contribution in [1.29, 1.82) is 0 Å². The van der Waals surface area contributed by atoms with E-state index in [-0.39, 0.29) is 6.79 Å². The second-order valence-corrected chi connectivity index (χ2v) is 11.7. The van der Waals surface area contributed by atoms with Crippen molar-refractivity contribution >= 4 is 46.6 Å². The predicted octanol–water partition coefficient (Wildman–Crippen LogP) is 7.22. The van der Waals surface area contributed by atoms with Gasteiger partial charge < -0.3 is 23.8 Å². The maximum absolute atomic E-state index is 6.71. The van der Waals surface area contributed by atoms with Gasteiger partial charge >= 0.3 is 0 Å². The first-order valence-corrected chi connectivity index (χ1v) is 13.4. The molecule has 0 N–H and O–H groups in total. The highest BCUT2D eigenvalue weighted by atomic mass is 35.6. The first-order valence-electron chi connectivity index (χ1n) is 12.3. The lowest BCUT2D eigenvalue weighted by Crippen LogP contribution is -2.41. The van der Waals surface area contributed by atoms with Crippen LogP contribution >= 0.6 is 34.8 Å². The molecule has 192 valence electrons. The topological polar surface area (TPSA) is 40.2 Å². The van der Waals surface area contributed by atoms with Gasteiger partial charge in [0.25, 0.3) is 0 Å². The lowest BCUT2D eigenvalue weighted by Gasteiger charge is -2.46. The van der Waals surface area contributed by atoms with Gasteiger partial charge in [-0.05, 0) is 60.2 Å². The third kappa shape index (κ3) is 4.58. The van der Waals surface area contributed by atoms with E-state index in [1.807, 2.05) is 36.4 Å². The average Bonchev–Trinajstić information content (AvgIpc) is 3.36. The standard InChI is InChI=1S/C29H26Cl3NO4/c1-34-23-10-9-20-14-22-21-16-25-24(36-17-37-25)15-19(21)11-12-33(22)28(29(30,31)32)26(20)27(23)35-13-5-8-18-6-3-2-4-7-18/h2-4,6-7,9-10,14-16,28H,5,8,11-13,17H2,1H3/t28-/m1/s1. The zero-order valence-electron chi connectivity index (χ0n) is 20.3. The fourth-order valence-corrected chi connectivity index (χ4v) is 6.11. The normalized spacial score (nSPS) is 17.5. The molecule has 1 atom stereocenters. The number of alkyl halides is 3. The van der Waals surface area contributed by atoms with E-state index < -0.39 is 9.83 Å². The molecular formula is C29H26Cl3NO4. The molecule has 0 saturated carbocycles. The second-order valence-electron chi connectivity index (χ2n) is 9.32. The molecule has 0 bridgehead atoms. The number of hydrogen-bond acceptors (Lipinski definition) is 5. The fraction of sp³-hybridized carbons (Fsp3) is 0.310. The van der Waals surface area contributed by atoms with Crippen molar-refractivity contribution in [2.45, 2.75) is 29.1 Å². The Labute approximate surface area is 231 Å². The van der Waals surface area contributed by atoms with Gasteiger partial charge in [0.2, 0.25) is 10.6 Å². The molecule has 3 aliphatic rings. The molecule has 6 rings (SSSR count). The molecule has 3 aliphatic heterocycles. The smallest absolute Gasteiger partial charge is 0.231 e. The number of ether oxygens (including phenoxy) is 4. The molecular weight excluding hydrogens is 533 g/mol. The molecule has 5 nitrogen and oxygen atoms in total. The van der Waals surface area contributed by atoms with Crippen LogP contribution in [0, 0.1) is 0 Å². The highest BCUT2D eigenvalue weighted by molar-refractivity contribution is 6.68. The minimum Gasteiger partial charge on any atom is -0.493 e. The minimum atomic E-state index is -1.61. The Morgan fingerprint density at radius 2 is 1.81 bits per heavy atom. The number of hydrogen-bond donors (Lipinski definition) is 0. The Morgan fingerprint density at radius 1 is 1.03 bits per heavy atom. The van der Waals surface area contributed by atoms with E-state index in [1.54, 1.807) is 7.11 Å². The summed E-state index contributed by atoms with van der Waals surface area (Å²) in [6.07, 6.45) is 4.68. The van der Waals surface area contributed by atoms with Crippen LogP contribution in [0.25, 0.3) is 11.8 Å². The van der Waals surface area contributed by atoms with E-state index in [4.69, 9.17) is 53.8 Å². The van der Waals surface area contributed by atoms with Gasteiger partial charge in [-0.1, -0.05) is 71.2 Å². The molecule has 0 radical (unpaired) electrons. The summed E-state index contributed by atoms with van der Waals surface area (Å²) >= 11 is 20.1. The Balaban J connectivity index is 1.39. The number of aryl methyl sites for hydroxylation is 1. The Bertz CT molecular complexity index is 1350. The largest absolute Gasteiger partial charge is 0.493 e. The van der Waals surface area contributed by atoms with Gasteiger partial charge in [-0.2, -0.15) is 0 Å². The molecule has 0 spiro atoms. The number of nitrogens with zero attached hydrogens (tertiary/aromatic N) is 1. The van der Waals surface area contributed by atoms with Crippen molar-refractivity contribution in [2.24, 2.45) is 0 Å². The lowest BCUT2D eigenvalue weighted by atomic mass is 9.86. The first kappa shape index (κ1) is 24.6.